The highest BCUT2D eigenvalue weighted by molar-refractivity contribution is 6.36. The number of hydrogen-bond acceptors (Lipinski definition) is 5. The average Bonchev–Trinajstić information content (AvgIpc) is 3.34. The first-order chi connectivity index (χ1) is 15.6. The minimum absolute atomic E-state index is 0.0271. The SMILES string of the molecule is Cc1ccc(C2=C(Nc3ccc(OC(F)(F)F)cc3)C(=O)N(Cc3ccco3)C2=O)cc1C. The summed E-state index contributed by atoms with van der Waals surface area (Å²) in [6.07, 6.45) is -3.37. The average molecular weight is 456 g/mol. The number of furan rings is 1. The molecule has 3 aromatic rings. The number of amides is 2. The second-order valence-corrected chi connectivity index (χ2v) is 7.52. The van der Waals surface area contributed by atoms with Gasteiger partial charge in [0.15, 0.2) is 0 Å². The summed E-state index contributed by atoms with van der Waals surface area (Å²) in [6, 6.07) is 13.6. The molecule has 0 spiro atoms. The second-order valence-electron chi connectivity index (χ2n) is 7.52. The van der Waals surface area contributed by atoms with Gasteiger partial charge in [0, 0.05) is 5.69 Å². The summed E-state index contributed by atoms with van der Waals surface area (Å²) in [5, 5.41) is 2.90. The number of hydrogen-bond donors (Lipinski definition) is 1. The molecule has 33 heavy (non-hydrogen) atoms. The molecule has 170 valence electrons. The van der Waals surface area contributed by atoms with Gasteiger partial charge < -0.3 is 14.5 Å². The van der Waals surface area contributed by atoms with Gasteiger partial charge in [0.1, 0.15) is 17.2 Å². The molecular weight excluding hydrogens is 437 g/mol. The molecule has 9 heteroatoms. The zero-order valence-corrected chi connectivity index (χ0v) is 17.7. The molecule has 0 atom stereocenters. The van der Waals surface area contributed by atoms with E-state index in [2.05, 4.69) is 10.1 Å². The predicted octanol–water partition coefficient (Wildman–Crippen LogP) is 5.19. The minimum Gasteiger partial charge on any atom is -0.467 e. The van der Waals surface area contributed by atoms with Crippen LogP contribution in [0.3, 0.4) is 0 Å². The van der Waals surface area contributed by atoms with Crippen molar-refractivity contribution in [3.63, 3.8) is 0 Å². The van der Waals surface area contributed by atoms with Crippen molar-refractivity contribution in [3.05, 3.63) is 89.0 Å². The third-order valence-corrected chi connectivity index (χ3v) is 5.21. The molecule has 0 aliphatic carbocycles. The summed E-state index contributed by atoms with van der Waals surface area (Å²) >= 11 is 0. The molecule has 2 amide bonds. The van der Waals surface area contributed by atoms with E-state index < -0.39 is 23.9 Å². The summed E-state index contributed by atoms with van der Waals surface area (Å²) in [7, 11) is 0. The number of benzene rings is 2. The number of carbonyl (C=O) groups excluding carboxylic acids is 2. The fourth-order valence-electron chi connectivity index (χ4n) is 3.44. The van der Waals surface area contributed by atoms with Gasteiger partial charge in [-0.3, -0.25) is 14.5 Å². The number of alkyl halides is 3. The van der Waals surface area contributed by atoms with Crippen molar-refractivity contribution >= 4 is 23.1 Å². The van der Waals surface area contributed by atoms with Crippen LogP contribution in [0.1, 0.15) is 22.5 Å². The van der Waals surface area contributed by atoms with E-state index in [1.807, 2.05) is 26.0 Å². The van der Waals surface area contributed by atoms with E-state index in [9.17, 15) is 22.8 Å². The number of rotatable bonds is 6. The fourth-order valence-corrected chi connectivity index (χ4v) is 3.44. The van der Waals surface area contributed by atoms with Crippen molar-refractivity contribution in [2.75, 3.05) is 5.32 Å². The normalized spacial score (nSPS) is 14.3. The number of imide groups is 1. The maximum atomic E-state index is 13.3. The lowest BCUT2D eigenvalue weighted by atomic mass is 9.99. The van der Waals surface area contributed by atoms with Crippen molar-refractivity contribution in [2.24, 2.45) is 0 Å². The molecule has 1 aliphatic rings. The molecule has 0 unspecified atom stereocenters. The lowest BCUT2D eigenvalue weighted by Crippen LogP contribution is -2.31. The van der Waals surface area contributed by atoms with Gasteiger partial charge in [-0.25, -0.2) is 0 Å². The van der Waals surface area contributed by atoms with Crippen LogP contribution in [-0.4, -0.2) is 23.1 Å². The van der Waals surface area contributed by atoms with Crippen LogP contribution >= 0.6 is 0 Å². The monoisotopic (exact) mass is 456 g/mol. The summed E-state index contributed by atoms with van der Waals surface area (Å²) in [6.45, 7) is 3.78. The third kappa shape index (κ3) is 4.77. The lowest BCUT2D eigenvalue weighted by Gasteiger charge is -2.14. The van der Waals surface area contributed by atoms with Gasteiger partial charge in [-0.05, 0) is 66.9 Å². The Kier molecular flexibility index (Phi) is 5.71. The molecule has 0 fully saturated rings. The Morgan fingerprint density at radius 2 is 1.70 bits per heavy atom. The number of ether oxygens (including phenoxy) is 1. The maximum Gasteiger partial charge on any atom is 0.573 e. The van der Waals surface area contributed by atoms with E-state index in [0.717, 1.165) is 28.2 Å². The van der Waals surface area contributed by atoms with Crippen LogP contribution in [0.4, 0.5) is 18.9 Å². The largest absolute Gasteiger partial charge is 0.573 e. The highest BCUT2D eigenvalue weighted by Gasteiger charge is 2.39. The Bertz CT molecular complexity index is 1230. The van der Waals surface area contributed by atoms with Crippen LogP contribution in [-0.2, 0) is 16.1 Å². The van der Waals surface area contributed by atoms with E-state index in [1.54, 1.807) is 18.2 Å². The third-order valence-electron chi connectivity index (χ3n) is 5.21. The van der Waals surface area contributed by atoms with Gasteiger partial charge >= 0.3 is 6.36 Å². The Morgan fingerprint density at radius 1 is 0.970 bits per heavy atom. The molecule has 2 aromatic carbocycles. The van der Waals surface area contributed by atoms with E-state index in [1.165, 1.54) is 18.4 Å². The van der Waals surface area contributed by atoms with Crippen molar-refractivity contribution in [1.82, 2.24) is 4.90 Å². The number of nitrogens with one attached hydrogen (secondary N) is 1. The fraction of sp³-hybridized carbons (Fsp3) is 0.167. The highest BCUT2D eigenvalue weighted by Crippen LogP contribution is 2.33. The van der Waals surface area contributed by atoms with Gasteiger partial charge in [0.05, 0.1) is 18.4 Å². The second kappa shape index (κ2) is 8.50. The Labute approximate surface area is 187 Å². The van der Waals surface area contributed by atoms with E-state index in [4.69, 9.17) is 4.42 Å². The van der Waals surface area contributed by atoms with Crippen LogP contribution < -0.4 is 10.1 Å². The van der Waals surface area contributed by atoms with Crippen LogP contribution in [0.2, 0.25) is 0 Å². The first kappa shape index (κ1) is 22.2. The first-order valence-electron chi connectivity index (χ1n) is 9.96. The van der Waals surface area contributed by atoms with Crippen molar-refractivity contribution in [3.8, 4) is 5.75 Å². The number of halogens is 3. The zero-order valence-electron chi connectivity index (χ0n) is 17.7. The summed E-state index contributed by atoms with van der Waals surface area (Å²) < 4.78 is 46.4. The first-order valence-corrected chi connectivity index (χ1v) is 9.96. The van der Waals surface area contributed by atoms with Crippen molar-refractivity contribution in [1.29, 1.82) is 0 Å². The zero-order chi connectivity index (χ0) is 23.8. The molecule has 0 bridgehead atoms. The van der Waals surface area contributed by atoms with Gasteiger partial charge in [-0.15, -0.1) is 13.2 Å². The molecule has 0 saturated heterocycles. The number of nitrogens with zero attached hydrogens (tertiary/aromatic N) is 1. The van der Waals surface area contributed by atoms with E-state index in [-0.39, 0.29) is 17.8 Å². The number of anilines is 1. The smallest absolute Gasteiger partial charge is 0.467 e. The lowest BCUT2D eigenvalue weighted by molar-refractivity contribution is -0.274. The highest BCUT2D eigenvalue weighted by atomic mass is 19.4. The molecular formula is C24H19F3N2O4. The number of aryl methyl sites for hydroxylation is 2. The molecule has 2 heterocycles. The van der Waals surface area contributed by atoms with Crippen molar-refractivity contribution in [2.45, 2.75) is 26.8 Å². The molecule has 6 nitrogen and oxygen atoms in total. The molecule has 1 aliphatic heterocycles. The number of carbonyl (C=O) groups is 2. The molecule has 0 saturated carbocycles. The Hall–Kier alpha value is -4.01. The molecule has 1 aromatic heterocycles. The van der Waals surface area contributed by atoms with Crippen LogP contribution in [0.5, 0.6) is 5.75 Å². The molecule has 1 N–H and O–H groups in total. The van der Waals surface area contributed by atoms with Crippen LogP contribution in [0.15, 0.2) is 71.0 Å². The predicted molar refractivity (Wildman–Crippen MR) is 114 cm³/mol. The summed E-state index contributed by atoms with van der Waals surface area (Å²) in [5.74, 6) is -1.03. The summed E-state index contributed by atoms with van der Waals surface area (Å²) in [4.78, 5) is 27.5. The van der Waals surface area contributed by atoms with E-state index in [0.29, 0.717) is 17.0 Å². The Balaban J connectivity index is 1.69. The van der Waals surface area contributed by atoms with Gasteiger partial charge in [0.25, 0.3) is 11.8 Å². The Morgan fingerprint density at radius 3 is 2.30 bits per heavy atom. The van der Waals surface area contributed by atoms with Crippen molar-refractivity contribution < 1.29 is 31.9 Å². The topological polar surface area (TPSA) is 71.8 Å². The van der Waals surface area contributed by atoms with Gasteiger partial charge in [-0.1, -0.05) is 18.2 Å². The standard InChI is InChI=1S/C24H19F3N2O4/c1-14-5-6-16(12-15(14)2)20-21(23(31)29(22(20)30)13-19-4-3-11-32-19)28-17-7-9-18(10-8-17)33-24(25,26)27/h3-12,28H,13H2,1-2H3. The van der Waals surface area contributed by atoms with Gasteiger partial charge in [0.2, 0.25) is 0 Å². The maximum absolute atomic E-state index is 13.3. The molecule has 4 rings (SSSR count). The molecule has 0 radical (unpaired) electrons. The quantitative estimate of drug-likeness (QED) is 0.517. The van der Waals surface area contributed by atoms with Gasteiger partial charge in [-0.2, -0.15) is 0 Å². The van der Waals surface area contributed by atoms with Crippen LogP contribution in [0, 0.1) is 13.8 Å². The summed E-state index contributed by atoms with van der Waals surface area (Å²) in [5.41, 5.74) is 3.04. The van der Waals surface area contributed by atoms with Crippen LogP contribution in [0.25, 0.3) is 5.57 Å². The minimum atomic E-state index is -4.81. The van der Waals surface area contributed by atoms with E-state index >= 15 is 0 Å².